The number of carbonyl (C=O) groups excluding carboxylic acids is 2. The van der Waals surface area contributed by atoms with Crippen molar-refractivity contribution in [3.05, 3.63) is 17.8 Å². The first-order valence-electron chi connectivity index (χ1n) is 9.53. The summed E-state index contributed by atoms with van der Waals surface area (Å²) < 4.78 is 32.2. The van der Waals surface area contributed by atoms with Gasteiger partial charge in [-0.3, -0.25) is 14.5 Å². The number of pyridine rings is 1. The van der Waals surface area contributed by atoms with Crippen molar-refractivity contribution in [3.8, 4) is 5.88 Å². The quantitative estimate of drug-likeness (QED) is 0.603. The molecule has 2 heterocycles. The van der Waals surface area contributed by atoms with Gasteiger partial charge in [-0.1, -0.05) is 13.8 Å². The third kappa shape index (κ3) is 4.01. The monoisotopic (exact) mass is 411 g/mol. The number of nitrogens with zero attached hydrogens (tertiary/aromatic N) is 2. The molecule has 0 bridgehead atoms. The Morgan fingerprint density at radius 2 is 2.00 bits per heavy atom. The van der Waals surface area contributed by atoms with Crippen LogP contribution in [0.1, 0.15) is 50.0 Å². The van der Waals surface area contributed by atoms with Gasteiger partial charge in [-0.25, -0.2) is 9.78 Å². The Labute approximate surface area is 166 Å². The summed E-state index contributed by atoms with van der Waals surface area (Å²) in [6, 6.07) is 2.58. The molecule has 2 N–H and O–H groups in total. The summed E-state index contributed by atoms with van der Waals surface area (Å²) in [6.45, 7) is 2.81. The van der Waals surface area contributed by atoms with Gasteiger partial charge >= 0.3 is 11.9 Å². The van der Waals surface area contributed by atoms with Crippen molar-refractivity contribution in [1.82, 2.24) is 10.3 Å². The largest absolute Gasteiger partial charge is 0.480 e. The lowest BCUT2D eigenvalue weighted by molar-refractivity contribution is -0.152. The molecule has 1 saturated heterocycles. The van der Waals surface area contributed by atoms with Crippen LogP contribution in [0.15, 0.2) is 12.1 Å². The third-order valence-corrected chi connectivity index (χ3v) is 5.40. The van der Waals surface area contributed by atoms with Gasteiger partial charge in [0, 0.05) is 0 Å². The van der Waals surface area contributed by atoms with E-state index < -0.39 is 35.8 Å². The van der Waals surface area contributed by atoms with E-state index in [-0.39, 0.29) is 30.1 Å². The van der Waals surface area contributed by atoms with Crippen molar-refractivity contribution < 1.29 is 33.0 Å². The smallest absolute Gasteiger partial charge is 0.342 e. The molecule has 1 aromatic heterocycles. The molecule has 0 atom stereocenters. The van der Waals surface area contributed by atoms with Crippen LogP contribution >= 0.6 is 0 Å². The number of halogens is 2. The highest BCUT2D eigenvalue weighted by Crippen LogP contribution is 2.39. The first-order valence-corrected chi connectivity index (χ1v) is 9.53. The molecule has 1 saturated carbocycles. The van der Waals surface area contributed by atoms with Crippen LogP contribution in [0.5, 0.6) is 5.88 Å². The summed E-state index contributed by atoms with van der Waals surface area (Å²) in [4.78, 5) is 40.9. The molecular weight excluding hydrogens is 388 g/mol. The van der Waals surface area contributed by atoms with Crippen LogP contribution in [0.3, 0.4) is 0 Å². The molecule has 0 unspecified atom stereocenters. The van der Waals surface area contributed by atoms with Crippen molar-refractivity contribution in [3.63, 3.8) is 0 Å². The lowest BCUT2D eigenvalue weighted by atomic mass is 9.92. The molecule has 0 aromatic carbocycles. The Morgan fingerprint density at radius 3 is 2.48 bits per heavy atom. The van der Waals surface area contributed by atoms with Gasteiger partial charge < -0.3 is 15.2 Å². The minimum absolute atomic E-state index is 0.0635. The van der Waals surface area contributed by atoms with Gasteiger partial charge in [0.15, 0.2) is 0 Å². The highest BCUT2D eigenvalue weighted by Gasteiger charge is 2.55. The molecule has 0 spiro atoms. The lowest BCUT2D eigenvalue weighted by Crippen LogP contribution is -2.62. The number of hydrogen-bond acceptors (Lipinski definition) is 5. The van der Waals surface area contributed by atoms with Crippen LogP contribution in [-0.2, 0) is 9.59 Å². The van der Waals surface area contributed by atoms with Crippen molar-refractivity contribution in [2.24, 2.45) is 5.92 Å². The van der Waals surface area contributed by atoms with Crippen molar-refractivity contribution >= 4 is 23.5 Å². The van der Waals surface area contributed by atoms with Gasteiger partial charge in [-0.2, -0.15) is 8.78 Å². The number of amides is 2. The average Bonchev–Trinajstić information content (AvgIpc) is 3.52. The van der Waals surface area contributed by atoms with Crippen LogP contribution in [-0.4, -0.2) is 52.5 Å². The second kappa shape index (κ2) is 7.57. The molecule has 3 rings (SSSR count). The van der Waals surface area contributed by atoms with E-state index in [4.69, 9.17) is 4.74 Å². The summed E-state index contributed by atoms with van der Waals surface area (Å²) in [6.07, 6.45) is 2.30. The number of hydrogen-bond donors (Lipinski definition) is 2. The number of nitrogens with one attached hydrogen (secondary N) is 1. The number of ether oxygens (including phenoxy) is 1. The number of carboxylic acid groups (broad SMARTS) is 1. The Morgan fingerprint density at radius 1 is 1.34 bits per heavy atom. The van der Waals surface area contributed by atoms with E-state index in [1.165, 1.54) is 12.1 Å². The van der Waals surface area contributed by atoms with Crippen molar-refractivity contribution in [2.75, 3.05) is 18.1 Å². The molecule has 1 aromatic rings. The maximum Gasteiger partial charge on any atom is 0.342 e. The number of alkyl halides is 2. The number of carbonyl (C=O) groups is 3. The molecule has 2 fully saturated rings. The zero-order valence-electron chi connectivity index (χ0n) is 16.2. The van der Waals surface area contributed by atoms with Crippen LogP contribution in [0.25, 0.3) is 0 Å². The van der Waals surface area contributed by atoms with Crippen LogP contribution in [0, 0.1) is 5.92 Å². The predicted molar refractivity (Wildman–Crippen MR) is 98.2 cm³/mol. The van der Waals surface area contributed by atoms with Gasteiger partial charge in [0.25, 0.3) is 11.8 Å². The van der Waals surface area contributed by atoms with E-state index in [0.29, 0.717) is 12.5 Å². The van der Waals surface area contributed by atoms with E-state index >= 15 is 0 Å². The van der Waals surface area contributed by atoms with E-state index in [9.17, 15) is 28.3 Å². The summed E-state index contributed by atoms with van der Waals surface area (Å²) >= 11 is 0. The first-order chi connectivity index (χ1) is 13.6. The Bertz CT molecular complexity index is 837. The number of carboxylic acids is 1. The maximum absolute atomic E-state index is 13.3. The average molecular weight is 411 g/mol. The normalized spacial score (nSPS) is 18.2. The predicted octanol–water partition coefficient (Wildman–Crippen LogP) is 2.23. The Balaban J connectivity index is 1.86. The summed E-state index contributed by atoms with van der Waals surface area (Å²) in [5, 5.41) is 12.0. The highest BCUT2D eigenvalue weighted by atomic mass is 19.3. The first kappa shape index (κ1) is 20.9. The zero-order valence-corrected chi connectivity index (χ0v) is 16.2. The van der Waals surface area contributed by atoms with Crippen LogP contribution in [0.4, 0.5) is 14.5 Å². The van der Waals surface area contributed by atoms with E-state index in [2.05, 4.69) is 10.3 Å². The second-order valence-corrected chi connectivity index (χ2v) is 7.42. The second-order valence-electron chi connectivity index (χ2n) is 7.42. The fraction of sp³-hybridized carbons (Fsp3) is 0.579. The number of rotatable bonds is 9. The van der Waals surface area contributed by atoms with Gasteiger partial charge in [0.2, 0.25) is 5.88 Å². The van der Waals surface area contributed by atoms with Gasteiger partial charge in [-0.15, -0.1) is 0 Å². The van der Waals surface area contributed by atoms with Crippen LogP contribution < -0.4 is 15.0 Å². The zero-order chi connectivity index (χ0) is 21.4. The van der Waals surface area contributed by atoms with E-state index in [0.717, 1.165) is 17.7 Å². The van der Waals surface area contributed by atoms with Crippen LogP contribution in [0.2, 0.25) is 0 Å². The summed E-state index contributed by atoms with van der Waals surface area (Å²) in [7, 11) is 0. The lowest BCUT2D eigenvalue weighted by Gasteiger charge is -2.38. The minimum Gasteiger partial charge on any atom is -0.480 e. The van der Waals surface area contributed by atoms with Crippen molar-refractivity contribution in [2.45, 2.75) is 51.0 Å². The maximum atomic E-state index is 13.3. The fourth-order valence-electron chi connectivity index (χ4n) is 3.06. The molecule has 1 aliphatic carbocycles. The molecule has 2 aliphatic rings. The number of anilines is 1. The molecule has 8 nitrogen and oxygen atoms in total. The number of β-lactam (4-membered cyclic amide) rings is 1. The van der Waals surface area contributed by atoms with E-state index in [1.807, 2.05) is 0 Å². The molecular formula is C19H23F2N3O5. The summed E-state index contributed by atoms with van der Waals surface area (Å²) in [5.41, 5.74) is -1.50. The molecule has 10 heteroatoms. The van der Waals surface area contributed by atoms with Gasteiger partial charge in [0.05, 0.1) is 13.2 Å². The third-order valence-electron chi connectivity index (χ3n) is 5.40. The SMILES string of the molecule is CCC(CC)(NC(=O)c1ccc(N2CC(F)(F)C2=O)c(OCC2CC2)n1)C(=O)O. The van der Waals surface area contributed by atoms with Gasteiger partial charge in [0.1, 0.15) is 16.9 Å². The Kier molecular flexibility index (Phi) is 5.46. The highest BCUT2D eigenvalue weighted by molar-refractivity contribution is 6.06. The van der Waals surface area contributed by atoms with E-state index in [1.54, 1.807) is 13.8 Å². The fourth-order valence-corrected chi connectivity index (χ4v) is 3.06. The summed E-state index contributed by atoms with van der Waals surface area (Å²) in [5.74, 6) is -6.43. The topological polar surface area (TPSA) is 109 Å². The number of aliphatic carboxylic acids is 1. The minimum atomic E-state index is -3.42. The molecule has 158 valence electrons. The molecule has 29 heavy (non-hydrogen) atoms. The van der Waals surface area contributed by atoms with Crippen molar-refractivity contribution in [1.29, 1.82) is 0 Å². The number of aromatic nitrogens is 1. The Hall–Kier alpha value is -2.78. The standard InChI is InChI=1S/C19H23F2N3O5/c1-3-18(4-2,17(27)28)23-14(25)12-7-8-13(24-10-19(20,21)16(24)26)15(22-12)29-9-11-5-6-11/h7-8,11H,3-6,9-10H2,1-2H3,(H,23,25)(H,27,28). The van der Waals surface area contributed by atoms with Gasteiger partial charge in [-0.05, 0) is 43.7 Å². The molecule has 2 amide bonds. The molecule has 1 aliphatic heterocycles. The molecule has 0 radical (unpaired) electrons.